The highest BCUT2D eigenvalue weighted by Crippen LogP contribution is 2.25. The first-order chi connectivity index (χ1) is 6.79. The first-order valence-electron chi connectivity index (χ1n) is 5.40. The summed E-state index contributed by atoms with van der Waals surface area (Å²) in [5, 5.41) is 9.79. The molecule has 1 aliphatic carbocycles. The van der Waals surface area contributed by atoms with E-state index in [0.717, 1.165) is 38.6 Å². The minimum Gasteiger partial charge on any atom is -0.449 e. The van der Waals surface area contributed by atoms with Crippen molar-refractivity contribution in [3.05, 3.63) is 0 Å². The number of aliphatic hydroxyl groups is 1. The lowest BCUT2D eigenvalue weighted by atomic mass is 9.91. The summed E-state index contributed by atoms with van der Waals surface area (Å²) in [5.74, 6) is 0. The van der Waals surface area contributed by atoms with Crippen molar-refractivity contribution in [1.82, 2.24) is 4.90 Å². The zero-order chi connectivity index (χ0) is 9.97. The van der Waals surface area contributed by atoms with Crippen molar-refractivity contribution in [2.45, 2.75) is 44.2 Å². The third-order valence-electron chi connectivity index (χ3n) is 3.10. The Morgan fingerprint density at radius 3 is 2.79 bits per heavy atom. The summed E-state index contributed by atoms with van der Waals surface area (Å²) in [6.45, 7) is 1.26. The average Bonchev–Trinajstić information content (AvgIpc) is 2.20. The van der Waals surface area contributed by atoms with Gasteiger partial charge in [0.05, 0.1) is 18.8 Å². The molecule has 0 aromatic carbocycles. The quantitative estimate of drug-likeness (QED) is 0.688. The van der Waals surface area contributed by atoms with Gasteiger partial charge in [0.25, 0.3) is 0 Å². The van der Waals surface area contributed by atoms with Crippen LogP contribution in [-0.4, -0.2) is 41.4 Å². The lowest BCUT2D eigenvalue weighted by Crippen LogP contribution is -2.51. The van der Waals surface area contributed by atoms with Crippen LogP contribution in [0, 0.1) is 0 Å². The standard InChI is InChI=1S/C10H17NO3/c12-9-5-2-1-4-8(9)11-6-3-7-14-10(11)13/h8-9,12H,1-7H2. The van der Waals surface area contributed by atoms with Crippen molar-refractivity contribution < 1.29 is 14.6 Å². The second-order valence-corrected chi connectivity index (χ2v) is 4.08. The molecule has 0 aromatic rings. The SMILES string of the molecule is O=C1OCCCN1C1CCCCC1O. The van der Waals surface area contributed by atoms with E-state index in [4.69, 9.17) is 4.74 Å². The molecule has 2 aliphatic rings. The molecule has 0 spiro atoms. The summed E-state index contributed by atoms with van der Waals surface area (Å²) >= 11 is 0. The number of rotatable bonds is 1. The summed E-state index contributed by atoms with van der Waals surface area (Å²) in [5.41, 5.74) is 0. The maximum absolute atomic E-state index is 11.4. The van der Waals surface area contributed by atoms with Crippen LogP contribution in [0.2, 0.25) is 0 Å². The highest BCUT2D eigenvalue weighted by Gasteiger charge is 2.33. The molecule has 1 heterocycles. The van der Waals surface area contributed by atoms with Gasteiger partial charge in [0, 0.05) is 6.54 Å². The van der Waals surface area contributed by atoms with Gasteiger partial charge in [-0.25, -0.2) is 4.79 Å². The number of hydrogen-bond acceptors (Lipinski definition) is 3. The molecular weight excluding hydrogens is 182 g/mol. The van der Waals surface area contributed by atoms with Gasteiger partial charge >= 0.3 is 6.09 Å². The molecule has 4 heteroatoms. The van der Waals surface area contributed by atoms with Crippen LogP contribution in [0.1, 0.15) is 32.1 Å². The summed E-state index contributed by atoms with van der Waals surface area (Å²) < 4.78 is 4.97. The molecule has 1 aliphatic heterocycles. The molecule has 2 unspecified atom stereocenters. The Hall–Kier alpha value is -0.770. The van der Waals surface area contributed by atoms with Gasteiger partial charge < -0.3 is 14.7 Å². The second kappa shape index (κ2) is 4.17. The predicted molar refractivity (Wildman–Crippen MR) is 50.9 cm³/mol. The van der Waals surface area contributed by atoms with Crippen molar-refractivity contribution in [2.75, 3.05) is 13.2 Å². The van der Waals surface area contributed by atoms with Crippen molar-refractivity contribution in [3.63, 3.8) is 0 Å². The van der Waals surface area contributed by atoms with E-state index in [1.165, 1.54) is 0 Å². The van der Waals surface area contributed by atoms with E-state index in [1.54, 1.807) is 4.90 Å². The Morgan fingerprint density at radius 1 is 1.29 bits per heavy atom. The van der Waals surface area contributed by atoms with Crippen LogP contribution in [0.3, 0.4) is 0 Å². The number of cyclic esters (lactones) is 1. The van der Waals surface area contributed by atoms with Gasteiger partial charge in [-0.15, -0.1) is 0 Å². The molecule has 0 aromatic heterocycles. The number of carbonyl (C=O) groups excluding carboxylic acids is 1. The summed E-state index contributed by atoms with van der Waals surface area (Å²) in [6.07, 6.45) is 4.18. The lowest BCUT2D eigenvalue weighted by Gasteiger charge is -2.38. The summed E-state index contributed by atoms with van der Waals surface area (Å²) in [7, 11) is 0. The first kappa shape index (κ1) is 9.77. The molecule has 1 amide bonds. The molecule has 14 heavy (non-hydrogen) atoms. The normalized spacial score (nSPS) is 34.1. The molecule has 0 radical (unpaired) electrons. The molecule has 2 rings (SSSR count). The zero-order valence-electron chi connectivity index (χ0n) is 8.32. The molecule has 80 valence electrons. The number of amides is 1. The fraction of sp³-hybridized carbons (Fsp3) is 0.900. The lowest BCUT2D eigenvalue weighted by molar-refractivity contribution is -0.00505. The van der Waals surface area contributed by atoms with E-state index in [9.17, 15) is 9.90 Å². The minimum atomic E-state index is -0.352. The van der Waals surface area contributed by atoms with Crippen molar-refractivity contribution in [2.24, 2.45) is 0 Å². The highest BCUT2D eigenvalue weighted by molar-refractivity contribution is 5.68. The van der Waals surface area contributed by atoms with Crippen LogP contribution >= 0.6 is 0 Å². The Kier molecular flexibility index (Phi) is 2.91. The van der Waals surface area contributed by atoms with E-state index < -0.39 is 0 Å². The van der Waals surface area contributed by atoms with Crippen LogP contribution < -0.4 is 0 Å². The highest BCUT2D eigenvalue weighted by atomic mass is 16.6. The molecule has 1 saturated carbocycles. The Labute approximate surface area is 83.8 Å². The Bertz CT molecular complexity index is 219. The smallest absolute Gasteiger partial charge is 0.410 e. The van der Waals surface area contributed by atoms with Crippen molar-refractivity contribution in [3.8, 4) is 0 Å². The topological polar surface area (TPSA) is 49.8 Å². The Balaban J connectivity index is 2.00. The van der Waals surface area contributed by atoms with Crippen LogP contribution in [-0.2, 0) is 4.74 Å². The fourth-order valence-electron chi connectivity index (χ4n) is 2.33. The van der Waals surface area contributed by atoms with Gasteiger partial charge in [0.1, 0.15) is 0 Å². The molecule has 0 bridgehead atoms. The van der Waals surface area contributed by atoms with E-state index in [1.807, 2.05) is 0 Å². The number of hydrogen-bond donors (Lipinski definition) is 1. The largest absolute Gasteiger partial charge is 0.449 e. The van der Waals surface area contributed by atoms with Gasteiger partial charge in [-0.3, -0.25) is 0 Å². The van der Waals surface area contributed by atoms with Crippen LogP contribution in [0.5, 0.6) is 0 Å². The summed E-state index contributed by atoms with van der Waals surface area (Å²) in [6, 6.07) is -0.00319. The fourth-order valence-corrected chi connectivity index (χ4v) is 2.33. The molecule has 2 fully saturated rings. The van der Waals surface area contributed by atoms with E-state index >= 15 is 0 Å². The van der Waals surface area contributed by atoms with Gasteiger partial charge in [0.15, 0.2) is 0 Å². The van der Waals surface area contributed by atoms with E-state index in [-0.39, 0.29) is 18.2 Å². The van der Waals surface area contributed by atoms with Gasteiger partial charge in [-0.1, -0.05) is 12.8 Å². The Morgan fingerprint density at radius 2 is 2.07 bits per heavy atom. The minimum absolute atomic E-state index is 0.00319. The molecule has 4 nitrogen and oxygen atoms in total. The third-order valence-corrected chi connectivity index (χ3v) is 3.10. The summed E-state index contributed by atoms with van der Waals surface area (Å²) in [4.78, 5) is 13.1. The van der Waals surface area contributed by atoms with E-state index in [2.05, 4.69) is 0 Å². The maximum atomic E-state index is 11.4. The van der Waals surface area contributed by atoms with Crippen molar-refractivity contribution >= 4 is 6.09 Å². The molecule has 2 atom stereocenters. The molecular formula is C10H17NO3. The van der Waals surface area contributed by atoms with Crippen LogP contribution in [0.25, 0.3) is 0 Å². The first-order valence-corrected chi connectivity index (χ1v) is 5.40. The van der Waals surface area contributed by atoms with Gasteiger partial charge in [-0.05, 0) is 19.3 Å². The van der Waals surface area contributed by atoms with Crippen LogP contribution in [0.4, 0.5) is 4.79 Å². The monoisotopic (exact) mass is 199 g/mol. The number of carbonyl (C=O) groups is 1. The second-order valence-electron chi connectivity index (χ2n) is 4.08. The number of nitrogens with zero attached hydrogens (tertiary/aromatic N) is 1. The average molecular weight is 199 g/mol. The number of aliphatic hydroxyl groups excluding tert-OH is 1. The predicted octanol–water partition coefficient (Wildman–Crippen LogP) is 1.13. The third kappa shape index (κ3) is 1.85. The zero-order valence-corrected chi connectivity index (χ0v) is 8.32. The molecule has 1 N–H and O–H groups in total. The van der Waals surface area contributed by atoms with E-state index in [0.29, 0.717) is 6.61 Å². The van der Waals surface area contributed by atoms with Crippen LogP contribution in [0.15, 0.2) is 0 Å². The van der Waals surface area contributed by atoms with Gasteiger partial charge in [0.2, 0.25) is 0 Å². The molecule has 1 saturated heterocycles. The van der Waals surface area contributed by atoms with Crippen molar-refractivity contribution in [1.29, 1.82) is 0 Å². The maximum Gasteiger partial charge on any atom is 0.410 e. The van der Waals surface area contributed by atoms with Gasteiger partial charge in [-0.2, -0.15) is 0 Å². The number of ether oxygens (including phenoxy) is 1.